The molecule has 1 aliphatic heterocycles. The summed E-state index contributed by atoms with van der Waals surface area (Å²) in [7, 11) is 3.24. The Labute approximate surface area is 190 Å². The summed E-state index contributed by atoms with van der Waals surface area (Å²) in [5, 5.41) is 6.38. The molecule has 0 unspecified atom stereocenters. The molecular formula is C26H34N2O4. The van der Waals surface area contributed by atoms with E-state index in [-0.39, 0.29) is 17.4 Å². The Kier molecular flexibility index (Phi) is 5.42. The summed E-state index contributed by atoms with van der Waals surface area (Å²) in [5.74, 6) is 3.51. The second kappa shape index (κ2) is 8.13. The van der Waals surface area contributed by atoms with Crippen LogP contribution in [0, 0.1) is 23.2 Å². The number of allylic oxidation sites excluding steroid dienone is 2. The molecule has 32 heavy (non-hydrogen) atoms. The molecule has 0 aromatic heterocycles. The molecular weight excluding hydrogens is 404 g/mol. The van der Waals surface area contributed by atoms with E-state index < -0.39 is 0 Å². The number of hydrogen-bond acceptors (Lipinski definition) is 4. The fourth-order valence-corrected chi connectivity index (χ4v) is 6.61. The van der Waals surface area contributed by atoms with Crippen molar-refractivity contribution in [2.24, 2.45) is 23.2 Å². The maximum Gasteiger partial charge on any atom is 0.220 e. The van der Waals surface area contributed by atoms with E-state index in [9.17, 15) is 9.59 Å². The van der Waals surface area contributed by atoms with Crippen molar-refractivity contribution >= 4 is 11.8 Å². The SMILES string of the molecule is COc1ccc(C[C@]2(CCC(=O)NC[C@@H]3C[C@@H]4C=C[C@@H]3C43CC3)CCC(=O)N2)cc1OC. The van der Waals surface area contributed by atoms with Crippen LogP contribution in [0.2, 0.25) is 0 Å². The highest BCUT2D eigenvalue weighted by Crippen LogP contribution is 2.69. The summed E-state index contributed by atoms with van der Waals surface area (Å²) in [5.41, 5.74) is 1.24. The molecule has 4 atom stereocenters. The second-order valence-electron chi connectivity index (χ2n) is 10.2. The zero-order chi connectivity index (χ0) is 22.3. The zero-order valence-electron chi connectivity index (χ0n) is 19.1. The summed E-state index contributed by atoms with van der Waals surface area (Å²) >= 11 is 0. The van der Waals surface area contributed by atoms with Gasteiger partial charge in [-0.05, 0) is 79.4 Å². The third-order valence-corrected chi connectivity index (χ3v) is 8.46. The van der Waals surface area contributed by atoms with Gasteiger partial charge in [0, 0.05) is 24.9 Å². The van der Waals surface area contributed by atoms with Crippen LogP contribution in [0.25, 0.3) is 0 Å². The van der Waals surface area contributed by atoms with Crippen molar-refractivity contribution in [3.05, 3.63) is 35.9 Å². The van der Waals surface area contributed by atoms with Crippen LogP contribution >= 0.6 is 0 Å². The van der Waals surface area contributed by atoms with E-state index in [1.807, 2.05) is 18.2 Å². The molecule has 172 valence electrons. The number of hydrogen-bond donors (Lipinski definition) is 2. The highest BCUT2D eigenvalue weighted by Gasteiger charge is 2.62. The van der Waals surface area contributed by atoms with Crippen LogP contribution in [0.3, 0.4) is 0 Å². The Morgan fingerprint density at radius 3 is 2.62 bits per heavy atom. The molecule has 3 aliphatic carbocycles. The van der Waals surface area contributed by atoms with Gasteiger partial charge < -0.3 is 20.1 Å². The quantitative estimate of drug-likeness (QED) is 0.580. The van der Waals surface area contributed by atoms with Crippen LogP contribution in [0.1, 0.15) is 50.5 Å². The van der Waals surface area contributed by atoms with Gasteiger partial charge in [0.15, 0.2) is 11.5 Å². The van der Waals surface area contributed by atoms with E-state index in [1.54, 1.807) is 14.2 Å². The highest BCUT2D eigenvalue weighted by molar-refractivity contribution is 5.80. The predicted octanol–water partition coefficient (Wildman–Crippen LogP) is 3.39. The predicted molar refractivity (Wildman–Crippen MR) is 121 cm³/mol. The van der Waals surface area contributed by atoms with Gasteiger partial charge in [-0.15, -0.1) is 0 Å². The molecule has 6 heteroatoms. The van der Waals surface area contributed by atoms with Crippen LogP contribution in [0.4, 0.5) is 0 Å². The molecule has 2 saturated carbocycles. The number of amides is 2. The van der Waals surface area contributed by atoms with Gasteiger partial charge >= 0.3 is 0 Å². The molecule has 0 radical (unpaired) electrons. The van der Waals surface area contributed by atoms with E-state index in [0.717, 1.165) is 24.4 Å². The standard InChI is InChI=1S/C26H34N2O4/c1-31-21-6-3-17(13-22(21)32-2)15-25(10-8-24(30)28-25)9-7-23(29)27-16-18-14-19-4-5-20(18)26(19)11-12-26/h3-6,13,18-20H,7-12,14-16H2,1-2H3,(H,27,29)(H,28,30)/t18-,19-,20-,25-/m0/s1. The number of benzene rings is 1. The lowest BCUT2D eigenvalue weighted by Gasteiger charge is -2.30. The molecule has 2 amide bonds. The fourth-order valence-electron chi connectivity index (χ4n) is 6.61. The molecule has 1 saturated heterocycles. The van der Waals surface area contributed by atoms with Gasteiger partial charge in [-0.1, -0.05) is 18.2 Å². The lowest BCUT2D eigenvalue weighted by Crippen LogP contribution is -2.44. The molecule has 4 aliphatic rings. The van der Waals surface area contributed by atoms with Gasteiger partial charge in [-0.3, -0.25) is 9.59 Å². The summed E-state index contributed by atoms with van der Waals surface area (Å²) in [6, 6.07) is 5.85. The van der Waals surface area contributed by atoms with E-state index >= 15 is 0 Å². The molecule has 2 bridgehead atoms. The maximum atomic E-state index is 12.7. The average Bonchev–Trinajstić information content (AvgIpc) is 3.33. The average molecular weight is 439 g/mol. The first-order chi connectivity index (χ1) is 15.5. The number of rotatable bonds is 9. The van der Waals surface area contributed by atoms with Crippen molar-refractivity contribution < 1.29 is 19.1 Å². The summed E-state index contributed by atoms with van der Waals surface area (Å²) in [6.45, 7) is 0.779. The number of nitrogens with one attached hydrogen (secondary N) is 2. The van der Waals surface area contributed by atoms with E-state index in [2.05, 4.69) is 22.8 Å². The van der Waals surface area contributed by atoms with Gasteiger partial charge in [0.05, 0.1) is 14.2 Å². The Morgan fingerprint density at radius 2 is 1.97 bits per heavy atom. The Hall–Kier alpha value is -2.50. The Morgan fingerprint density at radius 1 is 1.16 bits per heavy atom. The lowest BCUT2D eigenvalue weighted by atomic mass is 9.84. The van der Waals surface area contributed by atoms with E-state index in [1.165, 1.54) is 19.3 Å². The fraction of sp³-hybridized carbons (Fsp3) is 0.615. The smallest absolute Gasteiger partial charge is 0.220 e. The third-order valence-electron chi connectivity index (χ3n) is 8.46. The van der Waals surface area contributed by atoms with Crippen LogP contribution in [0.15, 0.2) is 30.4 Å². The first-order valence-electron chi connectivity index (χ1n) is 11.9. The van der Waals surface area contributed by atoms with Crippen molar-refractivity contribution in [3.63, 3.8) is 0 Å². The maximum absolute atomic E-state index is 12.7. The third kappa shape index (κ3) is 3.78. The van der Waals surface area contributed by atoms with Crippen molar-refractivity contribution in [2.75, 3.05) is 20.8 Å². The van der Waals surface area contributed by atoms with Crippen molar-refractivity contribution in [1.29, 1.82) is 0 Å². The van der Waals surface area contributed by atoms with Gasteiger partial charge in [-0.2, -0.15) is 0 Å². The number of ether oxygens (including phenoxy) is 2. The first kappa shape index (κ1) is 21.4. The van der Waals surface area contributed by atoms with Crippen LogP contribution in [0.5, 0.6) is 11.5 Å². The minimum absolute atomic E-state index is 0.0642. The van der Waals surface area contributed by atoms with Gasteiger partial charge in [0.1, 0.15) is 0 Å². The van der Waals surface area contributed by atoms with Gasteiger partial charge in [0.2, 0.25) is 11.8 Å². The van der Waals surface area contributed by atoms with Crippen molar-refractivity contribution in [2.45, 2.75) is 56.9 Å². The van der Waals surface area contributed by atoms with Crippen LogP contribution < -0.4 is 20.1 Å². The first-order valence-corrected chi connectivity index (χ1v) is 11.9. The number of methoxy groups -OCH3 is 2. The van der Waals surface area contributed by atoms with Crippen LogP contribution in [-0.4, -0.2) is 38.1 Å². The summed E-state index contributed by atoms with van der Waals surface area (Å²) in [6.07, 6.45) is 11.8. The van der Waals surface area contributed by atoms with E-state index in [4.69, 9.17) is 9.47 Å². The van der Waals surface area contributed by atoms with Gasteiger partial charge in [0.25, 0.3) is 0 Å². The van der Waals surface area contributed by atoms with Gasteiger partial charge in [-0.25, -0.2) is 0 Å². The van der Waals surface area contributed by atoms with Crippen LogP contribution in [-0.2, 0) is 16.0 Å². The molecule has 5 rings (SSSR count). The lowest BCUT2D eigenvalue weighted by molar-refractivity contribution is -0.123. The molecule has 2 N–H and O–H groups in total. The molecule has 1 spiro atoms. The van der Waals surface area contributed by atoms with Crippen molar-refractivity contribution in [3.8, 4) is 11.5 Å². The topological polar surface area (TPSA) is 76.7 Å². The molecule has 1 aromatic carbocycles. The molecule has 1 heterocycles. The van der Waals surface area contributed by atoms with E-state index in [0.29, 0.717) is 54.4 Å². The van der Waals surface area contributed by atoms with Crippen molar-refractivity contribution in [1.82, 2.24) is 10.6 Å². The minimum atomic E-state index is -0.388. The number of carbonyl (C=O) groups is 2. The largest absolute Gasteiger partial charge is 0.493 e. The Bertz CT molecular complexity index is 938. The summed E-state index contributed by atoms with van der Waals surface area (Å²) < 4.78 is 10.8. The normalized spacial score (nSPS) is 31.1. The summed E-state index contributed by atoms with van der Waals surface area (Å²) in [4.78, 5) is 24.8. The highest BCUT2D eigenvalue weighted by atomic mass is 16.5. The molecule has 1 aromatic rings. The monoisotopic (exact) mass is 438 g/mol. The number of carbonyl (C=O) groups excluding carboxylic acids is 2. The second-order valence-corrected chi connectivity index (χ2v) is 10.2. The molecule has 3 fully saturated rings. The molecule has 6 nitrogen and oxygen atoms in total. The Balaban J connectivity index is 1.18. The zero-order valence-corrected chi connectivity index (χ0v) is 19.1. The minimum Gasteiger partial charge on any atom is -0.493 e.